The minimum Gasteiger partial charge on any atom is -0.317 e. The lowest BCUT2D eigenvalue weighted by atomic mass is 9.98. The fraction of sp³-hybridized carbons (Fsp3) is 0.294. The van der Waals surface area contributed by atoms with Crippen molar-refractivity contribution >= 4 is 0 Å². The van der Waals surface area contributed by atoms with Crippen molar-refractivity contribution in [1.82, 2.24) is 5.32 Å². The van der Waals surface area contributed by atoms with Crippen molar-refractivity contribution in [2.45, 2.75) is 25.3 Å². The Morgan fingerprint density at radius 2 is 1.60 bits per heavy atom. The van der Waals surface area contributed by atoms with E-state index in [4.69, 9.17) is 0 Å². The van der Waals surface area contributed by atoms with E-state index in [-0.39, 0.29) is 11.6 Å². The molecule has 0 radical (unpaired) electrons. The Balaban J connectivity index is 1.99. The van der Waals surface area contributed by atoms with E-state index in [2.05, 4.69) is 17.4 Å². The Kier molecular flexibility index (Phi) is 5.24. The van der Waals surface area contributed by atoms with Crippen LogP contribution in [0.4, 0.5) is 8.78 Å². The molecule has 0 spiro atoms. The van der Waals surface area contributed by atoms with Crippen LogP contribution in [0.1, 0.15) is 17.5 Å². The van der Waals surface area contributed by atoms with E-state index in [0.717, 1.165) is 12.8 Å². The third-order valence-electron chi connectivity index (χ3n) is 3.54. The maximum absolute atomic E-state index is 13.6. The van der Waals surface area contributed by atoms with E-state index < -0.39 is 11.6 Å². The zero-order valence-electron chi connectivity index (χ0n) is 11.6. The van der Waals surface area contributed by atoms with E-state index in [0.29, 0.717) is 6.42 Å². The molecular weight excluding hydrogens is 256 g/mol. The maximum atomic E-state index is 13.6. The Morgan fingerprint density at radius 3 is 2.20 bits per heavy atom. The largest absolute Gasteiger partial charge is 0.317 e. The number of rotatable bonds is 6. The van der Waals surface area contributed by atoms with Crippen molar-refractivity contribution < 1.29 is 8.78 Å². The van der Waals surface area contributed by atoms with Gasteiger partial charge in [0, 0.05) is 11.6 Å². The summed E-state index contributed by atoms with van der Waals surface area (Å²) in [7, 11) is 1.83. The van der Waals surface area contributed by atoms with Gasteiger partial charge in [0.05, 0.1) is 0 Å². The highest BCUT2D eigenvalue weighted by Crippen LogP contribution is 2.16. The summed E-state index contributed by atoms with van der Waals surface area (Å²) in [4.78, 5) is 0. The standard InChI is InChI=1S/C17H19F2N/c1-20-14(11-10-13-6-3-2-4-7-13)12-15-16(18)8-5-9-17(15)19/h2-9,14,20H,10-12H2,1H3. The first-order valence-corrected chi connectivity index (χ1v) is 6.84. The first-order chi connectivity index (χ1) is 9.70. The molecule has 1 atom stereocenters. The fourth-order valence-corrected chi connectivity index (χ4v) is 2.31. The molecule has 1 nitrogen and oxygen atoms in total. The highest BCUT2D eigenvalue weighted by Gasteiger charge is 2.14. The van der Waals surface area contributed by atoms with Crippen LogP contribution in [0.5, 0.6) is 0 Å². The van der Waals surface area contributed by atoms with Crippen LogP contribution in [-0.4, -0.2) is 13.1 Å². The van der Waals surface area contributed by atoms with Crippen LogP contribution < -0.4 is 5.32 Å². The average molecular weight is 275 g/mol. The van der Waals surface area contributed by atoms with Crippen molar-refractivity contribution in [3.05, 3.63) is 71.3 Å². The molecule has 0 heterocycles. The molecule has 3 heteroatoms. The Morgan fingerprint density at radius 1 is 0.950 bits per heavy atom. The molecule has 0 saturated carbocycles. The second-order valence-corrected chi connectivity index (χ2v) is 4.91. The van der Waals surface area contributed by atoms with Gasteiger partial charge in [0.1, 0.15) is 11.6 Å². The quantitative estimate of drug-likeness (QED) is 0.847. The van der Waals surface area contributed by atoms with Crippen LogP contribution in [0, 0.1) is 11.6 Å². The van der Waals surface area contributed by atoms with Crippen molar-refractivity contribution in [3.63, 3.8) is 0 Å². The lowest BCUT2D eigenvalue weighted by Gasteiger charge is -2.17. The van der Waals surface area contributed by atoms with Gasteiger partial charge in [-0.25, -0.2) is 8.78 Å². The molecule has 0 aliphatic rings. The second-order valence-electron chi connectivity index (χ2n) is 4.91. The van der Waals surface area contributed by atoms with Crippen LogP contribution in [-0.2, 0) is 12.8 Å². The fourth-order valence-electron chi connectivity index (χ4n) is 2.31. The summed E-state index contributed by atoms with van der Waals surface area (Å²) >= 11 is 0. The molecule has 0 bridgehead atoms. The summed E-state index contributed by atoms with van der Waals surface area (Å²) in [5.41, 5.74) is 1.40. The molecule has 1 unspecified atom stereocenters. The summed E-state index contributed by atoms with van der Waals surface area (Å²) in [6, 6.07) is 14.2. The van der Waals surface area contributed by atoms with Crippen LogP contribution >= 0.6 is 0 Å². The average Bonchev–Trinajstić information content (AvgIpc) is 2.47. The molecule has 0 aromatic heterocycles. The van der Waals surface area contributed by atoms with Crippen molar-refractivity contribution in [3.8, 4) is 0 Å². The first kappa shape index (κ1) is 14.7. The number of nitrogens with one attached hydrogen (secondary N) is 1. The van der Waals surface area contributed by atoms with Gasteiger partial charge in [-0.1, -0.05) is 36.4 Å². The smallest absolute Gasteiger partial charge is 0.129 e. The van der Waals surface area contributed by atoms with Gasteiger partial charge in [-0.3, -0.25) is 0 Å². The van der Waals surface area contributed by atoms with Gasteiger partial charge in [-0.05, 0) is 44.0 Å². The van der Waals surface area contributed by atoms with Crippen molar-refractivity contribution in [2.24, 2.45) is 0 Å². The minimum absolute atomic E-state index is 0.0570. The highest BCUT2D eigenvalue weighted by molar-refractivity contribution is 5.21. The summed E-state index contributed by atoms with van der Waals surface area (Å²) in [6.45, 7) is 0. The molecular formula is C17H19F2N. The molecule has 106 valence electrons. The summed E-state index contributed by atoms with van der Waals surface area (Å²) in [5.74, 6) is -0.935. The van der Waals surface area contributed by atoms with Gasteiger partial charge in [0.15, 0.2) is 0 Å². The van der Waals surface area contributed by atoms with E-state index >= 15 is 0 Å². The Bertz CT molecular complexity index is 520. The van der Waals surface area contributed by atoms with Gasteiger partial charge >= 0.3 is 0 Å². The van der Waals surface area contributed by atoms with Crippen LogP contribution in [0.15, 0.2) is 48.5 Å². The molecule has 2 aromatic rings. The lowest BCUT2D eigenvalue weighted by molar-refractivity contribution is 0.483. The number of benzene rings is 2. The van der Waals surface area contributed by atoms with Gasteiger partial charge in [-0.15, -0.1) is 0 Å². The normalized spacial score (nSPS) is 12.3. The molecule has 2 aromatic carbocycles. The van der Waals surface area contributed by atoms with E-state index in [1.54, 1.807) is 0 Å². The maximum Gasteiger partial charge on any atom is 0.129 e. The van der Waals surface area contributed by atoms with E-state index in [1.807, 2.05) is 25.2 Å². The van der Waals surface area contributed by atoms with Crippen LogP contribution in [0.25, 0.3) is 0 Å². The third-order valence-corrected chi connectivity index (χ3v) is 3.54. The SMILES string of the molecule is CNC(CCc1ccccc1)Cc1c(F)cccc1F. The number of hydrogen-bond donors (Lipinski definition) is 1. The van der Waals surface area contributed by atoms with Crippen molar-refractivity contribution in [1.29, 1.82) is 0 Å². The van der Waals surface area contributed by atoms with Gasteiger partial charge < -0.3 is 5.32 Å². The number of likely N-dealkylation sites (N-methyl/N-ethyl adjacent to an activating group) is 1. The topological polar surface area (TPSA) is 12.0 Å². The Labute approximate surface area is 118 Å². The second kappa shape index (κ2) is 7.15. The highest BCUT2D eigenvalue weighted by atomic mass is 19.1. The van der Waals surface area contributed by atoms with Crippen molar-refractivity contribution in [2.75, 3.05) is 7.05 Å². The summed E-state index contributed by atoms with van der Waals surface area (Å²) < 4.78 is 27.3. The monoisotopic (exact) mass is 275 g/mol. The van der Waals surface area contributed by atoms with Gasteiger partial charge in [0.25, 0.3) is 0 Å². The lowest BCUT2D eigenvalue weighted by Crippen LogP contribution is -2.29. The van der Waals surface area contributed by atoms with Gasteiger partial charge in [-0.2, -0.15) is 0 Å². The predicted octanol–water partition coefficient (Wildman–Crippen LogP) is 3.73. The molecule has 0 aliphatic heterocycles. The summed E-state index contributed by atoms with van der Waals surface area (Å²) in [5, 5.41) is 3.14. The predicted molar refractivity (Wildman–Crippen MR) is 77.7 cm³/mol. The molecule has 0 fully saturated rings. The van der Waals surface area contributed by atoms with Gasteiger partial charge in [0.2, 0.25) is 0 Å². The molecule has 0 amide bonds. The minimum atomic E-state index is -0.468. The van der Waals surface area contributed by atoms with Crippen LogP contribution in [0.3, 0.4) is 0 Å². The first-order valence-electron chi connectivity index (χ1n) is 6.84. The number of hydrogen-bond acceptors (Lipinski definition) is 1. The van der Waals surface area contributed by atoms with E-state index in [9.17, 15) is 8.78 Å². The molecule has 0 aliphatic carbocycles. The number of halogens is 2. The van der Waals surface area contributed by atoms with Crippen LogP contribution in [0.2, 0.25) is 0 Å². The Hall–Kier alpha value is -1.74. The molecule has 1 N–H and O–H groups in total. The zero-order chi connectivity index (χ0) is 14.4. The van der Waals surface area contributed by atoms with E-state index in [1.165, 1.54) is 23.8 Å². The molecule has 20 heavy (non-hydrogen) atoms. The number of aryl methyl sites for hydroxylation is 1. The third kappa shape index (κ3) is 3.87. The zero-order valence-corrected chi connectivity index (χ0v) is 11.6. The summed E-state index contributed by atoms with van der Waals surface area (Å²) in [6.07, 6.45) is 2.10. The molecule has 2 rings (SSSR count). The molecule has 0 saturated heterocycles.